The molecule has 0 N–H and O–H groups in total. The fourth-order valence-corrected chi connectivity index (χ4v) is 8.67. The van der Waals surface area contributed by atoms with Crippen LogP contribution >= 0.6 is 0 Å². The Morgan fingerprint density at radius 3 is 2.94 bits per heavy atom. The summed E-state index contributed by atoms with van der Waals surface area (Å²) < 4.78 is 18.8. The Morgan fingerprint density at radius 2 is 2.03 bits per heavy atom. The third-order valence-corrected chi connectivity index (χ3v) is 10.3. The summed E-state index contributed by atoms with van der Waals surface area (Å²) in [5, 5.41) is 2.53. The second-order valence-corrected chi connectivity index (χ2v) is 11.9. The predicted molar refractivity (Wildman–Crippen MR) is 137 cm³/mol. The van der Waals surface area contributed by atoms with E-state index in [-0.39, 0.29) is 22.7 Å². The molecule has 1 saturated heterocycles. The minimum Gasteiger partial charge on any atom is -0.382 e. The summed E-state index contributed by atoms with van der Waals surface area (Å²) in [6.07, 6.45) is 18.4. The molecule has 2 aliphatic heterocycles. The smallest absolute Gasteiger partial charge is 0.0974 e. The lowest BCUT2D eigenvalue weighted by Gasteiger charge is -2.54. The van der Waals surface area contributed by atoms with E-state index in [0.717, 1.165) is 38.5 Å². The van der Waals surface area contributed by atoms with E-state index in [1.165, 1.54) is 40.3 Å². The SMILES string of the molecule is COCCOC1CCC2=CC3=CCC4(C)C(c5ccc6ccncc6c5)CC[C@H]4[C@@]34CC[C@]2(C1)O4. The maximum Gasteiger partial charge on any atom is 0.0974 e. The highest BCUT2D eigenvalue weighted by atomic mass is 16.5. The third kappa shape index (κ3) is 3.19. The molecule has 3 aliphatic carbocycles. The minimum absolute atomic E-state index is 0.113. The van der Waals surface area contributed by atoms with Crippen molar-refractivity contribution in [3.05, 3.63) is 65.5 Å². The average molecular weight is 472 g/mol. The number of nitrogens with zero attached hydrogens (tertiary/aromatic N) is 1. The zero-order valence-electron chi connectivity index (χ0n) is 21.1. The van der Waals surface area contributed by atoms with Crippen molar-refractivity contribution >= 4 is 10.8 Å². The molecule has 2 spiro atoms. The van der Waals surface area contributed by atoms with Crippen LogP contribution < -0.4 is 0 Å². The lowest BCUT2D eigenvalue weighted by molar-refractivity contribution is -0.150. The van der Waals surface area contributed by atoms with Crippen LogP contribution in [0.15, 0.2) is 60.0 Å². The first-order valence-electron chi connectivity index (χ1n) is 13.6. The van der Waals surface area contributed by atoms with Gasteiger partial charge in [-0.15, -0.1) is 0 Å². The van der Waals surface area contributed by atoms with Gasteiger partial charge < -0.3 is 14.2 Å². The van der Waals surface area contributed by atoms with Gasteiger partial charge in [-0.2, -0.15) is 0 Å². The Morgan fingerprint density at radius 1 is 1.09 bits per heavy atom. The standard InChI is InChI=1S/C31H37NO3/c1-29-11-9-25-18-24-5-6-26(34-16-15-33-2)19-30(24)12-13-31(25,35-30)28(29)8-7-27(29)22-4-3-21-10-14-32-20-23(21)17-22/h3-4,9-10,14,17-18,20,26-28H,5-8,11-13,15-16,19H2,1-2H3/t26?,27?,28-,29?,30-,31-/m1/s1. The summed E-state index contributed by atoms with van der Waals surface area (Å²) in [6.45, 7) is 3.89. The largest absolute Gasteiger partial charge is 0.382 e. The van der Waals surface area contributed by atoms with E-state index in [2.05, 4.69) is 48.3 Å². The fraction of sp³-hybridized carbons (Fsp3) is 0.581. The van der Waals surface area contributed by atoms with Crippen molar-refractivity contribution in [3.8, 4) is 0 Å². The Balaban J connectivity index is 1.21. The third-order valence-electron chi connectivity index (χ3n) is 10.3. The molecule has 184 valence electrons. The van der Waals surface area contributed by atoms with E-state index in [0.29, 0.717) is 25.0 Å². The van der Waals surface area contributed by atoms with Crippen molar-refractivity contribution in [1.82, 2.24) is 4.98 Å². The first-order valence-corrected chi connectivity index (χ1v) is 13.6. The minimum atomic E-state index is -0.113. The van der Waals surface area contributed by atoms with Gasteiger partial charge >= 0.3 is 0 Å². The average Bonchev–Trinajstić information content (AvgIpc) is 3.39. The lowest BCUT2D eigenvalue weighted by Crippen LogP contribution is -2.54. The molecule has 3 fully saturated rings. The van der Waals surface area contributed by atoms with E-state index in [9.17, 15) is 0 Å². The van der Waals surface area contributed by atoms with Crippen LogP contribution in [-0.2, 0) is 14.2 Å². The number of hydrogen-bond donors (Lipinski definition) is 0. The molecule has 6 atom stereocenters. The second kappa shape index (κ2) is 7.99. The summed E-state index contributed by atoms with van der Waals surface area (Å²) in [6, 6.07) is 9.17. The zero-order valence-corrected chi connectivity index (χ0v) is 21.1. The molecule has 2 saturated carbocycles. The summed E-state index contributed by atoms with van der Waals surface area (Å²) in [5.41, 5.74) is 4.50. The highest BCUT2D eigenvalue weighted by Gasteiger charge is 2.66. The van der Waals surface area contributed by atoms with Crippen molar-refractivity contribution in [2.45, 2.75) is 81.5 Å². The number of ether oxygens (including phenoxy) is 3. The Hall–Kier alpha value is -2.01. The summed E-state index contributed by atoms with van der Waals surface area (Å²) >= 11 is 0. The van der Waals surface area contributed by atoms with Gasteiger partial charge in [-0.3, -0.25) is 4.98 Å². The van der Waals surface area contributed by atoms with Crippen LogP contribution in [0, 0.1) is 11.3 Å². The van der Waals surface area contributed by atoms with Crippen molar-refractivity contribution in [1.29, 1.82) is 0 Å². The van der Waals surface area contributed by atoms with Crippen molar-refractivity contribution < 1.29 is 14.2 Å². The van der Waals surface area contributed by atoms with Crippen LogP contribution in [0.5, 0.6) is 0 Å². The fourth-order valence-electron chi connectivity index (χ4n) is 8.67. The Labute approximate surface area is 208 Å². The summed E-state index contributed by atoms with van der Waals surface area (Å²) in [4.78, 5) is 4.38. The number of hydrogen-bond acceptors (Lipinski definition) is 4. The predicted octanol–water partition coefficient (Wildman–Crippen LogP) is 6.51. The number of rotatable bonds is 5. The number of benzene rings is 1. The highest BCUT2D eigenvalue weighted by molar-refractivity contribution is 5.82. The van der Waals surface area contributed by atoms with Crippen molar-refractivity contribution in [2.75, 3.05) is 20.3 Å². The monoisotopic (exact) mass is 471 g/mol. The topological polar surface area (TPSA) is 40.6 Å². The number of aromatic nitrogens is 1. The van der Waals surface area contributed by atoms with Gasteiger partial charge in [-0.05, 0) is 96.4 Å². The van der Waals surface area contributed by atoms with Gasteiger partial charge in [-0.1, -0.05) is 31.2 Å². The van der Waals surface area contributed by atoms with Crippen LogP contribution in [-0.4, -0.2) is 42.6 Å². The normalized spacial score (nSPS) is 39.5. The molecule has 2 aromatic rings. The van der Waals surface area contributed by atoms with Gasteiger partial charge in [-0.25, -0.2) is 0 Å². The Kier molecular flexibility index (Phi) is 5.07. The molecular weight excluding hydrogens is 434 g/mol. The first kappa shape index (κ1) is 22.2. The second-order valence-electron chi connectivity index (χ2n) is 11.9. The molecule has 7 rings (SSSR count). The van der Waals surface area contributed by atoms with E-state index in [1.54, 1.807) is 7.11 Å². The van der Waals surface area contributed by atoms with Crippen molar-refractivity contribution in [2.24, 2.45) is 11.3 Å². The van der Waals surface area contributed by atoms with Gasteiger partial charge in [0.15, 0.2) is 0 Å². The number of methoxy groups -OCH3 is 1. The molecule has 3 heterocycles. The van der Waals surface area contributed by atoms with Crippen LogP contribution in [0.3, 0.4) is 0 Å². The van der Waals surface area contributed by atoms with Gasteiger partial charge in [0.1, 0.15) is 0 Å². The maximum absolute atomic E-state index is 7.39. The zero-order chi connectivity index (χ0) is 23.7. The van der Waals surface area contributed by atoms with Gasteiger partial charge in [0.2, 0.25) is 0 Å². The number of pyridine rings is 1. The lowest BCUT2D eigenvalue weighted by atomic mass is 9.58. The van der Waals surface area contributed by atoms with E-state index < -0.39 is 0 Å². The molecule has 2 bridgehead atoms. The van der Waals surface area contributed by atoms with E-state index >= 15 is 0 Å². The summed E-state index contributed by atoms with van der Waals surface area (Å²) in [5.74, 6) is 1.13. The van der Waals surface area contributed by atoms with Crippen LogP contribution in [0.2, 0.25) is 0 Å². The molecule has 1 aromatic carbocycles. The molecule has 0 amide bonds. The molecule has 1 aromatic heterocycles. The van der Waals surface area contributed by atoms with Crippen molar-refractivity contribution in [3.63, 3.8) is 0 Å². The van der Waals surface area contributed by atoms with E-state index in [1.807, 2.05) is 12.4 Å². The van der Waals surface area contributed by atoms with Crippen LogP contribution in [0.1, 0.15) is 69.8 Å². The Bertz CT molecular complexity index is 1220. The molecule has 5 aliphatic rings. The van der Waals surface area contributed by atoms with Gasteiger partial charge in [0.25, 0.3) is 0 Å². The van der Waals surface area contributed by atoms with Gasteiger partial charge in [0.05, 0.1) is 30.5 Å². The number of fused-ring (bicyclic) bond motifs is 2. The molecule has 4 heteroatoms. The van der Waals surface area contributed by atoms with Gasteiger partial charge in [0, 0.05) is 31.3 Å². The quantitative estimate of drug-likeness (QED) is 0.466. The van der Waals surface area contributed by atoms with E-state index in [4.69, 9.17) is 14.2 Å². The molecule has 4 nitrogen and oxygen atoms in total. The molecular formula is C31H37NO3. The molecule has 0 radical (unpaired) electrons. The maximum atomic E-state index is 7.39. The number of allylic oxidation sites excluding steroid dienone is 1. The van der Waals surface area contributed by atoms with Crippen LogP contribution in [0.25, 0.3) is 10.8 Å². The van der Waals surface area contributed by atoms with Crippen LogP contribution in [0.4, 0.5) is 0 Å². The first-order chi connectivity index (χ1) is 17.1. The molecule has 3 unspecified atom stereocenters. The highest BCUT2D eigenvalue weighted by Crippen LogP contribution is 2.69. The molecule has 35 heavy (non-hydrogen) atoms. The summed E-state index contributed by atoms with van der Waals surface area (Å²) in [7, 11) is 1.74.